The van der Waals surface area contributed by atoms with E-state index in [1.807, 2.05) is 30.3 Å². The first-order chi connectivity index (χ1) is 10.7. The van der Waals surface area contributed by atoms with Gasteiger partial charge in [0.05, 0.1) is 5.02 Å². The van der Waals surface area contributed by atoms with Crippen molar-refractivity contribution >= 4 is 46.8 Å². The topological polar surface area (TPSA) is 67.2 Å². The number of carbonyl (C=O) groups is 1. The van der Waals surface area contributed by atoms with Gasteiger partial charge in [0.25, 0.3) is 0 Å². The maximum atomic E-state index is 8.94. The second kappa shape index (κ2) is 10.5. The van der Waals surface area contributed by atoms with Crippen molar-refractivity contribution in [1.29, 1.82) is 0 Å². The van der Waals surface area contributed by atoms with Gasteiger partial charge in [0.15, 0.2) is 0 Å². The molecule has 0 saturated heterocycles. The number of halogens is 1. The third-order valence-corrected chi connectivity index (χ3v) is 5.49. The highest BCUT2D eigenvalue weighted by Crippen LogP contribution is 2.35. The largest absolute Gasteiger partial charge is 0.387 e. The number of thiophene rings is 1. The van der Waals surface area contributed by atoms with Gasteiger partial charge in [0, 0.05) is 33.6 Å². The molecule has 1 aromatic carbocycles. The van der Waals surface area contributed by atoms with Gasteiger partial charge in [-0.05, 0) is 24.1 Å². The van der Waals surface area contributed by atoms with Crippen molar-refractivity contribution < 1.29 is 4.79 Å². The third-order valence-electron chi connectivity index (χ3n) is 2.80. The van der Waals surface area contributed by atoms with Gasteiger partial charge in [-0.3, -0.25) is 10.2 Å². The molecule has 22 heavy (non-hydrogen) atoms. The molecule has 0 atom stereocenters. The fourth-order valence-electron chi connectivity index (χ4n) is 1.80. The number of aryl methyl sites for hydroxylation is 1. The Labute approximate surface area is 144 Å². The molecule has 0 saturated carbocycles. The van der Waals surface area contributed by atoms with Gasteiger partial charge in [-0.2, -0.15) is 0 Å². The van der Waals surface area contributed by atoms with Crippen molar-refractivity contribution in [3.05, 3.63) is 45.1 Å². The van der Waals surface area contributed by atoms with E-state index in [-0.39, 0.29) is 0 Å². The van der Waals surface area contributed by atoms with E-state index in [9.17, 15) is 0 Å². The van der Waals surface area contributed by atoms with Gasteiger partial charge in [-0.1, -0.05) is 30.7 Å². The standard InChI is InChI=1S/C14H16ClNS2.CH4N2O/c1-3-10-5-4-6-13(16-2)14(10)18-9-12-7-11(15)8-17-12;2-3-1-4/h4-8,16H,3,9H2,1-2H3;1H,2H2,(H,3,4). The summed E-state index contributed by atoms with van der Waals surface area (Å²) in [4.78, 5) is 11.6. The second-order valence-corrected chi connectivity index (χ2v) is 6.62. The van der Waals surface area contributed by atoms with Crippen molar-refractivity contribution in [2.24, 2.45) is 5.84 Å². The lowest BCUT2D eigenvalue weighted by molar-refractivity contribution is -0.109. The second-order valence-electron chi connectivity index (χ2n) is 4.20. The smallest absolute Gasteiger partial charge is 0.221 e. The van der Waals surface area contributed by atoms with E-state index >= 15 is 0 Å². The number of hydrogen-bond donors (Lipinski definition) is 3. The third kappa shape index (κ3) is 5.88. The molecule has 2 rings (SSSR count). The molecule has 4 N–H and O–H groups in total. The Morgan fingerprint density at radius 1 is 1.45 bits per heavy atom. The first-order valence-electron chi connectivity index (χ1n) is 6.71. The number of nitrogens with one attached hydrogen (secondary N) is 2. The fourth-order valence-corrected chi connectivity index (χ4v) is 4.20. The predicted octanol–water partition coefficient (Wildman–Crippen LogP) is 3.90. The van der Waals surface area contributed by atoms with Crippen molar-refractivity contribution in [2.45, 2.75) is 24.0 Å². The molecular weight excluding hydrogens is 338 g/mol. The summed E-state index contributed by atoms with van der Waals surface area (Å²) in [6, 6.07) is 8.48. The maximum Gasteiger partial charge on any atom is 0.221 e. The van der Waals surface area contributed by atoms with Crippen LogP contribution < -0.4 is 16.6 Å². The molecule has 7 heteroatoms. The number of hydrogen-bond acceptors (Lipinski definition) is 5. The average molecular weight is 358 g/mol. The number of carbonyl (C=O) groups excluding carboxylic acids is 1. The zero-order valence-corrected chi connectivity index (χ0v) is 14.9. The van der Waals surface area contributed by atoms with Crippen LogP contribution >= 0.6 is 34.7 Å². The fraction of sp³-hybridized carbons (Fsp3) is 0.267. The minimum absolute atomic E-state index is 0.403. The maximum absolute atomic E-state index is 8.94. The van der Waals surface area contributed by atoms with E-state index in [1.165, 1.54) is 21.0 Å². The van der Waals surface area contributed by atoms with Crippen LogP contribution in [0.1, 0.15) is 17.4 Å². The molecular formula is C15H20ClN3OS2. The molecule has 1 heterocycles. The van der Waals surface area contributed by atoms with Crippen LogP contribution in [-0.2, 0) is 17.0 Å². The van der Waals surface area contributed by atoms with E-state index in [4.69, 9.17) is 16.4 Å². The zero-order valence-electron chi connectivity index (χ0n) is 12.6. The van der Waals surface area contributed by atoms with Crippen LogP contribution in [0.4, 0.5) is 5.69 Å². The molecule has 4 nitrogen and oxygen atoms in total. The van der Waals surface area contributed by atoms with Crippen LogP contribution in [0.3, 0.4) is 0 Å². The summed E-state index contributed by atoms with van der Waals surface area (Å²) < 4.78 is 0. The highest BCUT2D eigenvalue weighted by Gasteiger charge is 2.08. The van der Waals surface area contributed by atoms with Gasteiger partial charge in [-0.15, -0.1) is 23.1 Å². The zero-order chi connectivity index (χ0) is 16.4. The molecule has 0 aliphatic rings. The predicted molar refractivity (Wildman–Crippen MR) is 97.6 cm³/mol. The quantitative estimate of drug-likeness (QED) is 0.241. The highest BCUT2D eigenvalue weighted by molar-refractivity contribution is 7.98. The van der Waals surface area contributed by atoms with Crippen LogP contribution in [-0.4, -0.2) is 13.5 Å². The van der Waals surface area contributed by atoms with Gasteiger partial charge >= 0.3 is 0 Å². The highest BCUT2D eigenvalue weighted by atomic mass is 35.5. The Morgan fingerprint density at radius 3 is 2.68 bits per heavy atom. The summed E-state index contributed by atoms with van der Waals surface area (Å²) >= 11 is 9.55. The summed E-state index contributed by atoms with van der Waals surface area (Å²) in [6.45, 7) is 2.20. The number of nitrogens with two attached hydrogens (primary N) is 1. The van der Waals surface area contributed by atoms with Crippen LogP contribution in [0.5, 0.6) is 0 Å². The summed E-state index contributed by atoms with van der Waals surface area (Å²) in [6.07, 6.45) is 1.46. The number of hydrazine groups is 1. The van der Waals surface area contributed by atoms with E-state index < -0.39 is 0 Å². The summed E-state index contributed by atoms with van der Waals surface area (Å²) in [5, 5.41) is 6.10. The normalized spacial score (nSPS) is 9.64. The van der Waals surface area contributed by atoms with Gasteiger partial charge in [0.2, 0.25) is 6.41 Å². The number of anilines is 1. The Bertz CT molecular complexity index is 568. The van der Waals surface area contributed by atoms with Crippen molar-refractivity contribution in [3.8, 4) is 0 Å². The summed E-state index contributed by atoms with van der Waals surface area (Å²) in [5.74, 6) is 5.38. The van der Waals surface area contributed by atoms with Gasteiger partial charge in [0.1, 0.15) is 0 Å². The SMILES string of the molecule is CCc1cccc(NC)c1SCc1cc(Cl)cs1.NNC=O. The molecule has 0 unspecified atom stereocenters. The number of amides is 1. The average Bonchev–Trinajstić information content (AvgIpc) is 2.98. The lowest BCUT2D eigenvalue weighted by Crippen LogP contribution is -2.18. The van der Waals surface area contributed by atoms with Crippen molar-refractivity contribution in [1.82, 2.24) is 5.43 Å². The van der Waals surface area contributed by atoms with Gasteiger partial charge in [-0.25, -0.2) is 5.84 Å². The first kappa shape index (κ1) is 18.8. The minimum atomic E-state index is 0.403. The van der Waals surface area contributed by atoms with E-state index in [0.29, 0.717) is 6.41 Å². The summed E-state index contributed by atoms with van der Waals surface area (Å²) in [7, 11) is 1.97. The monoisotopic (exact) mass is 357 g/mol. The Balaban J connectivity index is 0.000000541. The molecule has 1 amide bonds. The molecule has 0 radical (unpaired) electrons. The molecule has 0 aliphatic heterocycles. The van der Waals surface area contributed by atoms with E-state index in [0.717, 1.165) is 17.2 Å². The molecule has 0 aliphatic carbocycles. The number of rotatable bonds is 6. The molecule has 0 fully saturated rings. The van der Waals surface area contributed by atoms with Crippen molar-refractivity contribution in [3.63, 3.8) is 0 Å². The molecule has 120 valence electrons. The number of benzene rings is 1. The Hall–Kier alpha value is -1.21. The minimum Gasteiger partial charge on any atom is -0.387 e. The van der Waals surface area contributed by atoms with E-state index in [2.05, 4.69) is 36.3 Å². The summed E-state index contributed by atoms with van der Waals surface area (Å²) in [5.41, 5.74) is 4.36. The Morgan fingerprint density at radius 2 is 2.18 bits per heavy atom. The van der Waals surface area contributed by atoms with E-state index in [1.54, 1.807) is 16.8 Å². The molecule has 0 spiro atoms. The van der Waals surface area contributed by atoms with Crippen LogP contribution in [0.25, 0.3) is 0 Å². The lowest BCUT2D eigenvalue weighted by Gasteiger charge is -2.12. The molecule has 0 bridgehead atoms. The molecule has 2 aromatic rings. The lowest BCUT2D eigenvalue weighted by atomic mass is 10.1. The Kier molecular flexibility index (Phi) is 9.00. The number of thioether (sulfide) groups is 1. The molecule has 1 aromatic heterocycles. The first-order valence-corrected chi connectivity index (χ1v) is 8.95. The van der Waals surface area contributed by atoms with Crippen LogP contribution in [0, 0.1) is 0 Å². The van der Waals surface area contributed by atoms with Crippen molar-refractivity contribution in [2.75, 3.05) is 12.4 Å². The van der Waals surface area contributed by atoms with Crippen LogP contribution in [0.15, 0.2) is 34.5 Å². The van der Waals surface area contributed by atoms with Gasteiger partial charge < -0.3 is 5.32 Å². The van der Waals surface area contributed by atoms with Crippen LogP contribution in [0.2, 0.25) is 5.02 Å².